The van der Waals surface area contributed by atoms with Gasteiger partial charge in [-0.2, -0.15) is 0 Å². The van der Waals surface area contributed by atoms with Crippen molar-refractivity contribution in [2.24, 2.45) is 0 Å². The van der Waals surface area contributed by atoms with Crippen molar-refractivity contribution < 1.29 is 43.3 Å². The summed E-state index contributed by atoms with van der Waals surface area (Å²) in [5.41, 5.74) is -2.22. The van der Waals surface area contributed by atoms with Crippen LogP contribution in [0.15, 0.2) is 0 Å². The number of unbranched alkanes of at least 4 members (excludes halogenated alkanes) is 13. The summed E-state index contributed by atoms with van der Waals surface area (Å²) in [6, 6.07) is -2.73. The van der Waals surface area contributed by atoms with Gasteiger partial charge in [0.1, 0.15) is 28.9 Å². The summed E-state index contributed by atoms with van der Waals surface area (Å²) in [6.07, 6.45) is 15.7. The van der Waals surface area contributed by atoms with E-state index in [-0.39, 0.29) is 19.3 Å². The molecule has 0 spiro atoms. The summed E-state index contributed by atoms with van der Waals surface area (Å²) in [5.74, 6) is -2.43. The number of carboxylic acid groups (broad SMARTS) is 1. The molecule has 48 heavy (non-hydrogen) atoms. The standard InChI is InChI=1S/C37H68N2O9/c1-35(2,3)46-31(42)27-26-29(33(44)48-37(7,8)9)39-34(45)38-28(32(43)47-36(4,5)6)24-22-20-18-16-14-12-10-11-13-15-17-19-21-23-25-30(40)41/h28-29H,10-27H2,1-9H3,(H,40,41)(H2,38,39,45)/t28-,29-/m0/s1. The third-order valence-electron chi connectivity index (χ3n) is 7.18. The first-order valence-electron chi connectivity index (χ1n) is 18.1. The smallest absolute Gasteiger partial charge is 0.329 e. The largest absolute Gasteiger partial charge is 0.481 e. The number of nitrogens with one attached hydrogen (secondary N) is 2. The lowest BCUT2D eigenvalue weighted by molar-refractivity contribution is -0.159. The number of hydrogen-bond donors (Lipinski definition) is 3. The fourth-order valence-electron chi connectivity index (χ4n) is 5.00. The van der Waals surface area contributed by atoms with Gasteiger partial charge in [0.2, 0.25) is 0 Å². The summed E-state index contributed by atoms with van der Waals surface area (Å²) in [6.45, 7) is 15.7. The van der Waals surface area contributed by atoms with Crippen molar-refractivity contribution in [1.82, 2.24) is 10.6 Å². The van der Waals surface area contributed by atoms with Crippen LogP contribution in [-0.4, -0.2) is 63.9 Å². The summed E-state index contributed by atoms with van der Waals surface area (Å²) >= 11 is 0. The Morgan fingerprint density at radius 1 is 0.479 bits per heavy atom. The average Bonchev–Trinajstić information content (AvgIpc) is 2.91. The first-order chi connectivity index (χ1) is 22.2. The number of ether oxygens (including phenoxy) is 3. The van der Waals surface area contributed by atoms with Gasteiger partial charge in [-0.05, 0) is 81.6 Å². The van der Waals surface area contributed by atoms with E-state index in [4.69, 9.17) is 19.3 Å². The first-order valence-corrected chi connectivity index (χ1v) is 18.1. The Morgan fingerprint density at radius 2 is 0.812 bits per heavy atom. The van der Waals surface area contributed by atoms with Gasteiger partial charge >= 0.3 is 29.9 Å². The first kappa shape index (κ1) is 45.2. The highest BCUT2D eigenvalue weighted by Gasteiger charge is 2.31. The second kappa shape index (κ2) is 23.5. The number of amides is 2. The molecule has 11 nitrogen and oxygen atoms in total. The Bertz CT molecular complexity index is 961. The van der Waals surface area contributed by atoms with Gasteiger partial charge in [0.25, 0.3) is 0 Å². The summed E-state index contributed by atoms with van der Waals surface area (Å²) in [7, 11) is 0. The highest BCUT2D eigenvalue weighted by atomic mass is 16.6. The molecular weight excluding hydrogens is 616 g/mol. The fraction of sp³-hybridized carbons (Fsp3) is 0.865. The number of carbonyl (C=O) groups is 5. The van der Waals surface area contributed by atoms with Crippen molar-refractivity contribution in [2.45, 2.75) is 207 Å². The van der Waals surface area contributed by atoms with E-state index in [1.807, 2.05) is 0 Å². The van der Waals surface area contributed by atoms with Gasteiger partial charge in [-0.3, -0.25) is 9.59 Å². The zero-order valence-corrected chi connectivity index (χ0v) is 31.6. The van der Waals surface area contributed by atoms with Crippen molar-refractivity contribution in [3.63, 3.8) is 0 Å². The predicted octanol–water partition coefficient (Wildman–Crippen LogP) is 8.15. The van der Waals surface area contributed by atoms with E-state index in [0.29, 0.717) is 6.42 Å². The minimum Gasteiger partial charge on any atom is -0.481 e. The number of urea groups is 1. The molecule has 0 fully saturated rings. The maximum Gasteiger partial charge on any atom is 0.329 e. The van der Waals surface area contributed by atoms with Gasteiger partial charge in [0, 0.05) is 12.8 Å². The van der Waals surface area contributed by atoms with E-state index >= 15 is 0 Å². The van der Waals surface area contributed by atoms with E-state index < -0.39 is 58.8 Å². The Kier molecular flexibility index (Phi) is 22.1. The maximum absolute atomic E-state index is 13.1. The molecule has 0 radical (unpaired) electrons. The molecular formula is C37H68N2O9. The zero-order valence-electron chi connectivity index (χ0n) is 31.6. The molecule has 0 heterocycles. The average molecular weight is 685 g/mol. The number of aliphatic carboxylic acids is 1. The molecule has 11 heteroatoms. The molecule has 0 saturated carbocycles. The van der Waals surface area contributed by atoms with E-state index in [1.54, 1.807) is 62.3 Å². The van der Waals surface area contributed by atoms with Crippen molar-refractivity contribution in [3.8, 4) is 0 Å². The normalized spacial score (nSPS) is 13.3. The Balaban J connectivity index is 4.77. The van der Waals surface area contributed by atoms with Gasteiger partial charge in [-0.15, -0.1) is 0 Å². The Morgan fingerprint density at radius 3 is 1.17 bits per heavy atom. The van der Waals surface area contributed by atoms with Gasteiger partial charge < -0.3 is 30.0 Å². The molecule has 0 rings (SSSR count). The lowest BCUT2D eigenvalue weighted by Crippen LogP contribution is -2.53. The van der Waals surface area contributed by atoms with Crippen molar-refractivity contribution >= 4 is 29.9 Å². The Hall–Kier alpha value is -2.85. The predicted molar refractivity (Wildman–Crippen MR) is 188 cm³/mol. The molecule has 280 valence electrons. The molecule has 0 unspecified atom stereocenters. The van der Waals surface area contributed by atoms with Crippen molar-refractivity contribution in [2.75, 3.05) is 0 Å². The second-order valence-electron chi connectivity index (χ2n) is 15.8. The molecule has 0 aromatic rings. The van der Waals surface area contributed by atoms with Crippen LogP contribution in [0.25, 0.3) is 0 Å². The fourth-order valence-corrected chi connectivity index (χ4v) is 5.00. The lowest BCUT2D eigenvalue weighted by Gasteiger charge is -2.27. The number of carboxylic acids is 1. The second-order valence-corrected chi connectivity index (χ2v) is 15.8. The molecule has 2 atom stereocenters. The van der Waals surface area contributed by atoms with Gasteiger partial charge in [-0.25, -0.2) is 14.4 Å². The van der Waals surface area contributed by atoms with Crippen LogP contribution in [0.2, 0.25) is 0 Å². The molecule has 2 amide bonds. The van der Waals surface area contributed by atoms with Crippen LogP contribution in [-0.2, 0) is 33.4 Å². The molecule has 0 aliphatic heterocycles. The Labute approximate surface area is 290 Å². The van der Waals surface area contributed by atoms with Crippen LogP contribution in [0.5, 0.6) is 0 Å². The third kappa shape index (κ3) is 28.2. The lowest BCUT2D eigenvalue weighted by atomic mass is 10.0. The van der Waals surface area contributed by atoms with E-state index in [1.165, 1.54) is 44.9 Å². The van der Waals surface area contributed by atoms with Crippen molar-refractivity contribution in [3.05, 3.63) is 0 Å². The van der Waals surface area contributed by atoms with E-state index in [0.717, 1.165) is 44.9 Å². The summed E-state index contributed by atoms with van der Waals surface area (Å²) in [4.78, 5) is 61.9. The van der Waals surface area contributed by atoms with E-state index in [9.17, 15) is 24.0 Å². The summed E-state index contributed by atoms with van der Waals surface area (Å²) < 4.78 is 16.4. The number of esters is 3. The van der Waals surface area contributed by atoms with Gasteiger partial charge in [0.05, 0.1) is 0 Å². The minimum absolute atomic E-state index is 0.0233. The highest BCUT2D eigenvalue weighted by molar-refractivity contribution is 5.87. The van der Waals surface area contributed by atoms with Gasteiger partial charge in [0.15, 0.2) is 0 Å². The van der Waals surface area contributed by atoms with Crippen LogP contribution < -0.4 is 10.6 Å². The number of carbonyl (C=O) groups excluding carboxylic acids is 4. The molecule has 0 aromatic carbocycles. The van der Waals surface area contributed by atoms with Crippen LogP contribution in [0.4, 0.5) is 4.79 Å². The minimum atomic E-state index is -1.12. The molecule has 0 aliphatic rings. The molecule has 0 bridgehead atoms. The van der Waals surface area contributed by atoms with Crippen LogP contribution >= 0.6 is 0 Å². The van der Waals surface area contributed by atoms with Gasteiger partial charge in [-0.1, -0.05) is 83.5 Å². The monoisotopic (exact) mass is 684 g/mol. The quantitative estimate of drug-likeness (QED) is 0.0518. The van der Waals surface area contributed by atoms with Crippen LogP contribution in [0, 0.1) is 0 Å². The highest BCUT2D eigenvalue weighted by Crippen LogP contribution is 2.17. The molecule has 0 saturated heterocycles. The SMILES string of the molecule is CC(C)(C)OC(=O)CC[C@H](NC(=O)N[C@@H](CCCCCCCCCCCCCCCCC(=O)O)C(=O)OC(C)(C)C)C(=O)OC(C)(C)C. The summed E-state index contributed by atoms with van der Waals surface area (Å²) in [5, 5.41) is 14.0. The van der Waals surface area contributed by atoms with E-state index in [2.05, 4.69) is 10.6 Å². The molecule has 0 aliphatic carbocycles. The maximum atomic E-state index is 13.1. The molecule has 3 N–H and O–H groups in total. The number of rotatable bonds is 24. The molecule has 0 aromatic heterocycles. The third-order valence-corrected chi connectivity index (χ3v) is 7.18. The topological polar surface area (TPSA) is 157 Å². The van der Waals surface area contributed by atoms with Crippen LogP contribution in [0.3, 0.4) is 0 Å². The number of hydrogen-bond acceptors (Lipinski definition) is 8. The zero-order chi connectivity index (χ0) is 36.8. The van der Waals surface area contributed by atoms with Crippen molar-refractivity contribution in [1.29, 1.82) is 0 Å². The van der Waals surface area contributed by atoms with Crippen LogP contribution in [0.1, 0.15) is 178 Å².